The predicted molar refractivity (Wildman–Crippen MR) is 101 cm³/mol. The van der Waals surface area contributed by atoms with E-state index in [0.717, 1.165) is 36.1 Å². The van der Waals surface area contributed by atoms with E-state index in [1.54, 1.807) is 6.20 Å². The number of aryl methyl sites for hydroxylation is 1. The van der Waals surface area contributed by atoms with Crippen LogP contribution in [0.1, 0.15) is 77.3 Å². The third-order valence-electron chi connectivity index (χ3n) is 6.71. The summed E-state index contributed by atoms with van der Waals surface area (Å²) < 4.78 is 6.20. The fraction of sp³-hybridized carbons (Fsp3) is 0.762. The first-order valence-electron chi connectivity index (χ1n) is 9.76. The summed E-state index contributed by atoms with van der Waals surface area (Å²) in [6.07, 6.45) is 14.2. The monoisotopic (exact) mass is 349 g/mol. The van der Waals surface area contributed by atoms with E-state index in [1.165, 1.54) is 44.9 Å². The van der Waals surface area contributed by atoms with Crippen LogP contribution in [0.15, 0.2) is 12.3 Å². The standard InChI is InChI=1S/C21H32ClNO/c1-15-20(22)19(13-14-23-15)24-18-11-9-17(10-12-18)21(2,3)16-7-5-4-6-8-16/h13-14,16-18H,4-12H2,1-3H3. The molecule has 0 aromatic carbocycles. The van der Waals surface area contributed by atoms with Crippen LogP contribution in [0.2, 0.25) is 5.02 Å². The Morgan fingerprint density at radius 3 is 2.29 bits per heavy atom. The van der Waals surface area contributed by atoms with Crippen molar-refractivity contribution in [1.82, 2.24) is 4.98 Å². The fourth-order valence-corrected chi connectivity index (χ4v) is 5.06. The Balaban J connectivity index is 1.56. The molecule has 0 bridgehead atoms. The average molecular weight is 350 g/mol. The topological polar surface area (TPSA) is 22.1 Å². The molecule has 2 saturated carbocycles. The molecule has 1 aromatic heterocycles. The number of pyridine rings is 1. The lowest BCUT2D eigenvalue weighted by Crippen LogP contribution is -2.38. The number of halogens is 1. The summed E-state index contributed by atoms with van der Waals surface area (Å²) in [6.45, 7) is 6.98. The maximum Gasteiger partial charge on any atom is 0.141 e. The Hall–Kier alpha value is -0.760. The van der Waals surface area contributed by atoms with Crippen LogP contribution in [-0.2, 0) is 0 Å². The molecule has 2 aliphatic carbocycles. The highest BCUT2D eigenvalue weighted by Gasteiger charge is 2.39. The van der Waals surface area contributed by atoms with Gasteiger partial charge >= 0.3 is 0 Å². The van der Waals surface area contributed by atoms with E-state index >= 15 is 0 Å². The van der Waals surface area contributed by atoms with Crippen molar-refractivity contribution in [3.63, 3.8) is 0 Å². The Morgan fingerprint density at radius 1 is 1.00 bits per heavy atom. The molecular weight excluding hydrogens is 318 g/mol. The number of aromatic nitrogens is 1. The van der Waals surface area contributed by atoms with Crippen LogP contribution in [0.4, 0.5) is 0 Å². The minimum Gasteiger partial charge on any atom is -0.489 e. The Kier molecular flexibility index (Phi) is 5.74. The molecule has 24 heavy (non-hydrogen) atoms. The summed E-state index contributed by atoms with van der Waals surface area (Å²) in [5.41, 5.74) is 1.33. The van der Waals surface area contributed by atoms with E-state index in [2.05, 4.69) is 18.8 Å². The number of nitrogens with zero attached hydrogens (tertiary/aromatic N) is 1. The summed E-state index contributed by atoms with van der Waals surface area (Å²) in [7, 11) is 0. The van der Waals surface area contributed by atoms with E-state index in [4.69, 9.17) is 16.3 Å². The number of rotatable bonds is 4. The van der Waals surface area contributed by atoms with E-state index in [1.807, 2.05) is 13.0 Å². The van der Waals surface area contributed by atoms with Gasteiger partial charge in [0, 0.05) is 12.3 Å². The zero-order chi connectivity index (χ0) is 17.2. The van der Waals surface area contributed by atoms with Gasteiger partial charge in [0.15, 0.2) is 0 Å². The van der Waals surface area contributed by atoms with Crippen molar-refractivity contribution in [2.75, 3.05) is 0 Å². The van der Waals surface area contributed by atoms with Crippen LogP contribution < -0.4 is 4.74 Å². The van der Waals surface area contributed by atoms with E-state index in [-0.39, 0.29) is 0 Å². The molecule has 0 atom stereocenters. The van der Waals surface area contributed by atoms with Crippen molar-refractivity contribution in [3.05, 3.63) is 23.0 Å². The second kappa shape index (κ2) is 7.64. The molecule has 2 nitrogen and oxygen atoms in total. The van der Waals surface area contributed by atoms with Crippen molar-refractivity contribution < 1.29 is 4.74 Å². The van der Waals surface area contributed by atoms with Crippen molar-refractivity contribution in [2.45, 2.75) is 84.7 Å². The zero-order valence-electron chi connectivity index (χ0n) is 15.5. The quantitative estimate of drug-likeness (QED) is 0.611. The molecule has 0 N–H and O–H groups in total. The van der Waals surface area contributed by atoms with E-state index in [0.29, 0.717) is 16.5 Å². The number of hydrogen-bond donors (Lipinski definition) is 0. The van der Waals surface area contributed by atoms with Gasteiger partial charge in [0.2, 0.25) is 0 Å². The van der Waals surface area contributed by atoms with Crippen molar-refractivity contribution in [1.29, 1.82) is 0 Å². The number of hydrogen-bond acceptors (Lipinski definition) is 2. The molecule has 0 aliphatic heterocycles. The summed E-state index contributed by atoms with van der Waals surface area (Å²) in [6, 6.07) is 1.90. The van der Waals surface area contributed by atoms with Crippen LogP contribution >= 0.6 is 11.6 Å². The minimum atomic E-state index is 0.308. The van der Waals surface area contributed by atoms with E-state index < -0.39 is 0 Å². The first kappa shape index (κ1) is 18.0. The first-order chi connectivity index (χ1) is 11.5. The summed E-state index contributed by atoms with van der Waals surface area (Å²) in [4.78, 5) is 4.22. The second-order valence-corrected chi connectivity index (χ2v) is 8.83. The third kappa shape index (κ3) is 3.90. The molecule has 0 radical (unpaired) electrons. The molecule has 1 aromatic rings. The zero-order valence-corrected chi connectivity index (χ0v) is 16.2. The van der Waals surface area contributed by atoms with Gasteiger partial charge in [-0.2, -0.15) is 0 Å². The van der Waals surface area contributed by atoms with Crippen molar-refractivity contribution in [3.8, 4) is 5.75 Å². The molecular formula is C21H32ClNO. The maximum atomic E-state index is 6.33. The van der Waals surface area contributed by atoms with Gasteiger partial charge in [-0.1, -0.05) is 44.7 Å². The fourth-order valence-electron chi connectivity index (χ4n) is 4.90. The van der Waals surface area contributed by atoms with Gasteiger partial charge in [0.25, 0.3) is 0 Å². The summed E-state index contributed by atoms with van der Waals surface area (Å²) in [5.74, 6) is 2.57. The number of ether oxygens (including phenoxy) is 1. The Morgan fingerprint density at radius 2 is 1.62 bits per heavy atom. The lowest BCUT2D eigenvalue weighted by molar-refractivity contribution is 0.0290. The normalized spacial score (nSPS) is 26.3. The molecule has 1 heterocycles. The van der Waals surface area contributed by atoms with Gasteiger partial charge in [-0.15, -0.1) is 0 Å². The largest absolute Gasteiger partial charge is 0.489 e. The first-order valence-corrected chi connectivity index (χ1v) is 10.1. The predicted octanol–water partition coefficient (Wildman–Crippen LogP) is 6.59. The van der Waals surface area contributed by atoms with Crippen LogP contribution in [0.25, 0.3) is 0 Å². The lowest BCUT2D eigenvalue weighted by Gasteiger charge is -2.45. The van der Waals surface area contributed by atoms with Crippen molar-refractivity contribution >= 4 is 11.6 Å². The van der Waals surface area contributed by atoms with Gasteiger partial charge in [0.1, 0.15) is 10.8 Å². The Labute approximate surface area is 152 Å². The SMILES string of the molecule is Cc1nccc(OC2CCC(C(C)(C)C3CCCCC3)CC2)c1Cl. The van der Waals surface area contributed by atoms with Crippen LogP contribution in [-0.4, -0.2) is 11.1 Å². The average Bonchev–Trinajstić information content (AvgIpc) is 2.60. The molecule has 134 valence electrons. The summed E-state index contributed by atoms with van der Waals surface area (Å²) >= 11 is 6.33. The molecule has 2 aliphatic rings. The van der Waals surface area contributed by atoms with Crippen LogP contribution in [0.5, 0.6) is 5.75 Å². The maximum absolute atomic E-state index is 6.33. The van der Waals surface area contributed by atoms with E-state index in [9.17, 15) is 0 Å². The lowest BCUT2D eigenvalue weighted by atomic mass is 9.61. The highest BCUT2D eigenvalue weighted by molar-refractivity contribution is 6.32. The smallest absolute Gasteiger partial charge is 0.141 e. The van der Waals surface area contributed by atoms with Gasteiger partial charge in [-0.25, -0.2) is 0 Å². The third-order valence-corrected chi connectivity index (χ3v) is 7.17. The molecule has 3 heteroatoms. The van der Waals surface area contributed by atoms with Gasteiger partial charge in [0.05, 0.1) is 11.8 Å². The molecule has 0 spiro atoms. The van der Waals surface area contributed by atoms with Gasteiger partial charge < -0.3 is 4.74 Å². The van der Waals surface area contributed by atoms with Crippen LogP contribution in [0, 0.1) is 24.2 Å². The molecule has 0 unspecified atom stereocenters. The second-order valence-electron chi connectivity index (χ2n) is 8.46. The summed E-state index contributed by atoms with van der Waals surface area (Å²) in [5, 5.41) is 0.669. The molecule has 0 saturated heterocycles. The van der Waals surface area contributed by atoms with Crippen molar-refractivity contribution in [2.24, 2.45) is 17.3 Å². The van der Waals surface area contributed by atoms with Crippen LogP contribution in [0.3, 0.4) is 0 Å². The molecule has 2 fully saturated rings. The highest BCUT2D eigenvalue weighted by Crippen LogP contribution is 2.48. The Bertz CT molecular complexity index is 543. The molecule has 3 rings (SSSR count). The van der Waals surface area contributed by atoms with Gasteiger partial charge in [-0.05, 0) is 62.7 Å². The minimum absolute atomic E-state index is 0.308. The highest BCUT2D eigenvalue weighted by atomic mass is 35.5. The molecule has 0 amide bonds. The van der Waals surface area contributed by atoms with Gasteiger partial charge in [-0.3, -0.25) is 4.98 Å².